The fourth-order valence-corrected chi connectivity index (χ4v) is 2.60. The Hall–Kier alpha value is -1.64. The van der Waals surface area contributed by atoms with E-state index in [1.165, 1.54) is 11.1 Å². The number of carbonyl (C=O) groups excluding carboxylic acids is 1. The van der Waals surface area contributed by atoms with Gasteiger partial charge in [-0.1, -0.05) is 24.3 Å². The van der Waals surface area contributed by atoms with E-state index >= 15 is 0 Å². The van der Waals surface area contributed by atoms with Crippen molar-refractivity contribution in [3.63, 3.8) is 0 Å². The second kappa shape index (κ2) is 3.74. The summed E-state index contributed by atoms with van der Waals surface area (Å²) in [7, 11) is 0. The Morgan fingerprint density at radius 1 is 1.38 bits per heavy atom. The first kappa shape index (κ1) is 9.58. The molecule has 2 atom stereocenters. The summed E-state index contributed by atoms with van der Waals surface area (Å²) in [4.78, 5) is 15.1. The molecule has 0 aromatic heterocycles. The lowest BCUT2D eigenvalue weighted by Gasteiger charge is -2.31. The summed E-state index contributed by atoms with van der Waals surface area (Å²) in [6.07, 6.45) is 5.07. The lowest BCUT2D eigenvalue weighted by atomic mass is 9.79. The average molecular weight is 214 g/mol. The number of nitrogens with zero attached hydrogens (tertiary/aromatic N) is 1. The Labute approximate surface area is 94.1 Å². The van der Waals surface area contributed by atoms with E-state index in [1.54, 1.807) is 0 Å². The highest BCUT2D eigenvalue weighted by Crippen LogP contribution is 2.36. The number of amides is 1. The van der Waals surface area contributed by atoms with Gasteiger partial charge in [0.1, 0.15) is 5.91 Å². The van der Waals surface area contributed by atoms with Gasteiger partial charge in [-0.25, -0.2) is 0 Å². The predicted octanol–water partition coefficient (Wildman–Crippen LogP) is 1.94. The van der Waals surface area contributed by atoms with Crippen LogP contribution in [0.2, 0.25) is 0 Å². The summed E-state index contributed by atoms with van der Waals surface area (Å²) in [6.45, 7) is 0. The Morgan fingerprint density at radius 3 is 3.06 bits per heavy atom. The van der Waals surface area contributed by atoms with Crippen molar-refractivity contribution in [3.05, 3.63) is 35.4 Å². The number of ether oxygens (including phenoxy) is 1. The highest BCUT2D eigenvalue weighted by Gasteiger charge is 2.29. The normalized spacial score (nSPS) is 27.6. The van der Waals surface area contributed by atoms with E-state index in [0.29, 0.717) is 0 Å². The molecule has 0 saturated carbocycles. The van der Waals surface area contributed by atoms with Crippen LogP contribution in [0.15, 0.2) is 29.3 Å². The topological polar surface area (TPSA) is 38.7 Å². The molecule has 2 unspecified atom stereocenters. The van der Waals surface area contributed by atoms with E-state index in [9.17, 15) is 4.79 Å². The molecule has 0 saturated heterocycles. The molecule has 1 heterocycles. The number of aryl methyl sites for hydroxylation is 1. The van der Waals surface area contributed by atoms with Gasteiger partial charge < -0.3 is 14.5 Å². The third kappa shape index (κ3) is 1.43. The standard InChI is InChI=1S/C13H12NO2/c15-13-12(16-8-14-13)11-7-3-5-9-4-1-2-6-10(9)11/h1-2,4,6,11-12H,3,5,7H2/q-1. The first-order valence-electron chi connectivity index (χ1n) is 5.59. The van der Waals surface area contributed by atoms with E-state index in [2.05, 4.69) is 23.5 Å². The number of hydrogen-bond donors (Lipinski definition) is 0. The Balaban J connectivity index is 1.96. The van der Waals surface area contributed by atoms with E-state index in [4.69, 9.17) is 4.74 Å². The largest absolute Gasteiger partial charge is 0.577 e. The van der Waals surface area contributed by atoms with Gasteiger partial charge in [0.05, 0.1) is 6.10 Å². The third-order valence-electron chi connectivity index (χ3n) is 3.36. The minimum atomic E-state index is -0.443. The van der Waals surface area contributed by atoms with Crippen molar-refractivity contribution < 1.29 is 9.53 Å². The van der Waals surface area contributed by atoms with Gasteiger partial charge in [-0.3, -0.25) is 0 Å². The van der Waals surface area contributed by atoms with E-state index in [0.717, 1.165) is 19.3 Å². The number of fused-ring (bicyclic) bond motifs is 1. The molecule has 1 aliphatic heterocycles. The Kier molecular flexibility index (Phi) is 2.24. The molecule has 0 bridgehead atoms. The van der Waals surface area contributed by atoms with Crippen LogP contribution in [0.1, 0.15) is 29.9 Å². The van der Waals surface area contributed by atoms with Crippen LogP contribution in [0.25, 0.3) is 0 Å². The minimum absolute atomic E-state index is 0.149. The summed E-state index contributed by atoms with van der Waals surface area (Å²) < 4.78 is 5.20. The van der Waals surface area contributed by atoms with Crippen molar-refractivity contribution in [2.75, 3.05) is 0 Å². The first-order chi connectivity index (χ1) is 7.86. The predicted molar refractivity (Wildman–Crippen MR) is 59.4 cm³/mol. The van der Waals surface area contributed by atoms with Crippen molar-refractivity contribution in [3.8, 4) is 0 Å². The number of aliphatic imine (C=N–C) groups is 1. The fraction of sp³-hybridized carbons (Fsp3) is 0.385. The van der Waals surface area contributed by atoms with Crippen molar-refractivity contribution >= 4 is 12.3 Å². The molecule has 3 rings (SSSR count). The van der Waals surface area contributed by atoms with Crippen molar-refractivity contribution in [2.45, 2.75) is 31.3 Å². The van der Waals surface area contributed by atoms with Crippen LogP contribution in [0.5, 0.6) is 0 Å². The second-order valence-corrected chi connectivity index (χ2v) is 4.28. The second-order valence-electron chi connectivity index (χ2n) is 4.28. The SMILES string of the molecule is O=C1N=[C-]OC1C1CCCc2ccccc21. The maximum atomic E-state index is 11.5. The molecule has 1 aliphatic carbocycles. The van der Waals surface area contributed by atoms with Gasteiger partial charge in [-0.05, 0) is 30.4 Å². The van der Waals surface area contributed by atoms with Crippen molar-refractivity contribution in [1.29, 1.82) is 0 Å². The molecule has 1 amide bonds. The van der Waals surface area contributed by atoms with Crippen LogP contribution < -0.4 is 0 Å². The van der Waals surface area contributed by atoms with Crippen LogP contribution in [0, 0.1) is 0 Å². The van der Waals surface area contributed by atoms with Gasteiger partial charge in [-0.15, -0.1) is 0 Å². The van der Waals surface area contributed by atoms with Gasteiger partial charge in [0.25, 0.3) is 0 Å². The van der Waals surface area contributed by atoms with Crippen molar-refractivity contribution in [2.24, 2.45) is 4.99 Å². The quantitative estimate of drug-likeness (QED) is 0.670. The smallest absolute Gasteiger partial charge is 0.128 e. The molecule has 1 aromatic rings. The zero-order valence-corrected chi connectivity index (χ0v) is 8.85. The fourth-order valence-electron chi connectivity index (χ4n) is 2.60. The summed E-state index contributed by atoms with van der Waals surface area (Å²) >= 11 is 0. The van der Waals surface area contributed by atoms with Gasteiger partial charge in [0, 0.05) is 12.3 Å². The maximum absolute atomic E-state index is 11.5. The summed E-state index contributed by atoms with van der Waals surface area (Å²) in [5.74, 6) is -0.0436. The van der Waals surface area contributed by atoms with Crippen LogP contribution in [-0.2, 0) is 16.0 Å². The molecule has 16 heavy (non-hydrogen) atoms. The molecule has 0 spiro atoms. The van der Waals surface area contributed by atoms with Crippen molar-refractivity contribution in [1.82, 2.24) is 0 Å². The van der Waals surface area contributed by atoms with Crippen LogP contribution in [0.4, 0.5) is 0 Å². The summed E-state index contributed by atoms with van der Waals surface area (Å²) in [5.41, 5.74) is 2.58. The number of hydrogen-bond acceptors (Lipinski definition) is 2. The number of carbonyl (C=O) groups is 1. The number of rotatable bonds is 1. The van der Waals surface area contributed by atoms with Gasteiger partial charge in [-0.2, -0.15) is 0 Å². The molecular weight excluding hydrogens is 202 g/mol. The van der Waals surface area contributed by atoms with E-state index < -0.39 is 6.10 Å². The van der Waals surface area contributed by atoms with Crippen LogP contribution in [-0.4, -0.2) is 18.4 Å². The molecule has 1 aromatic carbocycles. The molecule has 3 heteroatoms. The summed E-state index contributed by atoms with van der Waals surface area (Å²) in [6, 6.07) is 8.28. The number of benzene rings is 1. The van der Waals surface area contributed by atoms with Crippen LogP contribution in [0.3, 0.4) is 0 Å². The lowest BCUT2D eigenvalue weighted by molar-refractivity contribution is -0.123. The monoisotopic (exact) mass is 214 g/mol. The van der Waals surface area contributed by atoms with Gasteiger partial charge >= 0.3 is 0 Å². The van der Waals surface area contributed by atoms with Crippen LogP contribution >= 0.6 is 0 Å². The molecule has 0 radical (unpaired) electrons. The maximum Gasteiger partial charge on any atom is 0.128 e. The Morgan fingerprint density at radius 2 is 2.25 bits per heavy atom. The molecule has 3 nitrogen and oxygen atoms in total. The molecule has 0 fully saturated rings. The Bertz CT molecular complexity index is 453. The van der Waals surface area contributed by atoms with E-state index in [-0.39, 0.29) is 11.8 Å². The van der Waals surface area contributed by atoms with E-state index in [1.807, 2.05) is 12.1 Å². The summed E-state index contributed by atoms with van der Waals surface area (Å²) in [5, 5.41) is 0. The van der Waals surface area contributed by atoms with Gasteiger partial charge in [0.15, 0.2) is 0 Å². The zero-order valence-electron chi connectivity index (χ0n) is 8.85. The average Bonchev–Trinajstić information content (AvgIpc) is 2.75. The lowest BCUT2D eigenvalue weighted by Crippen LogP contribution is -2.28. The van der Waals surface area contributed by atoms with Gasteiger partial charge in [0.2, 0.25) is 0 Å². The molecular formula is C13H12NO2-. The molecule has 82 valence electrons. The molecule has 0 N–H and O–H groups in total. The minimum Gasteiger partial charge on any atom is -0.577 e. The first-order valence-corrected chi connectivity index (χ1v) is 5.59. The zero-order chi connectivity index (χ0) is 11.0. The highest BCUT2D eigenvalue weighted by atomic mass is 16.5. The molecule has 2 aliphatic rings. The highest BCUT2D eigenvalue weighted by molar-refractivity contribution is 5.92. The third-order valence-corrected chi connectivity index (χ3v) is 3.36.